The maximum atomic E-state index is 13.0. The third-order valence-electron chi connectivity index (χ3n) is 4.76. The lowest BCUT2D eigenvalue weighted by Gasteiger charge is -2.25. The molecule has 146 valence electrons. The van der Waals surface area contributed by atoms with Crippen LogP contribution in [0.2, 0.25) is 0 Å². The Hall–Kier alpha value is -2.58. The molecule has 0 aliphatic carbocycles. The van der Waals surface area contributed by atoms with Crippen molar-refractivity contribution in [2.75, 3.05) is 13.4 Å². The highest BCUT2D eigenvalue weighted by Gasteiger charge is 2.42. The van der Waals surface area contributed by atoms with Crippen LogP contribution in [0.4, 0.5) is 4.79 Å². The van der Waals surface area contributed by atoms with Gasteiger partial charge in [0.05, 0.1) is 6.04 Å². The van der Waals surface area contributed by atoms with E-state index in [4.69, 9.17) is 14.2 Å². The van der Waals surface area contributed by atoms with Crippen molar-refractivity contribution in [2.45, 2.75) is 23.4 Å². The highest BCUT2D eigenvalue weighted by Crippen LogP contribution is 2.36. The van der Waals surface area contributed by atoms with E-state index in [0.29, 0.717) is 23.5 Å². The summed E-state index contributed by atoms with van der Waals surface area (Å²) < 4.78 is 15.7. The highest BCUT2D eigenvalue weighted by atomic mass is 79.9. The fourth-order valence-corrected chi connectivity index (χ4v) is 3.83. The number of imide groups is 1. The van der Waals surface area contributed by atoms with E-state index in [2.05, 4.69) is 15.9 Å². The predicted octanol–water partition coefficient (Wildman–Crippen LogP) is 2.80. The van der Waals surface area contributed by atoms with E-state index in [1.54, 1.807) is 18.2 Å². The number of fused-ring (bicyclic) bond motifs is 1. The molecule has 1 fully saturated rings. The number of ether oxygens (including phenoxy) is 3. The van der Waals surface area contributed by atoms with Gasteiger partial charge >= 0.3 is 6.09 Å². The molecule has 8 heteroatoms. The monoisotopic (exact) mass is 447 g/mol. The third-order valence-corrected chi connectivity index (χ3v) is 5.66. The molecule has 7 nitrogen and oxygen atoms in total. The summed E-state index contributed by atoms with van der Waals surface area (Å²) in [6.07, 6.45) is -1.39. The Balaban J connectivity index is 1.50. The van der Waals surface area contributed by atoms with Gasteiger partial charge in [-0.15, -0.1) is 0 Å². The normalized spacial score (nSPS) is 20.0. The molecule has 0 saturated carbocycles. The molecule has 1 N–H and O–H groups in total. The van der Waals surface area contributed by atoms with Gasteiger partial charge in [0.25, 0.3) is 0 Å². The average molecular weight is 448 g/mol. The number of nitrogens with zero attached hydrogens (tertiary/aromatic N) is 1. The minimum Gasteiger partial charge on any atom is -0.454 e. The van der Waals surface area contributed by atoms with Gasteiger partial charge in [0.1, 0.15) is 17.5 Å². The molecule has 28 heavy (non-hydrogen) atoms. The fourth-order valence-electron chi connectivity index (χ4n) is 3.30. The van der Waals surface area contributed by atoms with E-state index >= 15 is 0 Å². The van der Waals surface area contributed by atoms with Gasteiger partial charge in [-0.3, -0.25) is 4.79 Å². The number of aliphatic hydroxyl groups is 1. The van der Waals surface area contributed by atoms with Crippen molar-refractivity contribution in [2.24, 2.45) is 0 Å². The molecule has 4 rings (SSSR count). The van der Waals surface area contributed by atoms with E-state index in [-0.39, 0.29) is 13.4 Å². The van der Waals surface area contributed by atoms with E-state index in [1.165, 1.54) is 0 Å². The van der Waals surface area contributed by atoms with Crippen molar-refractivity contribution in [3.05, 3.63) is 59.7 Å². The van der Waals surface area contributed by atoms with Crippen LogP contribution < -0.4 is 9.47 Å². The lowest BCUT2D eigenvalue weighted by atomic mass is 10.0. The number of hydrogen-bond acceptors (Lipinski definition) is 6. The molecule has 0 unspecified atom stereocenters. The molecule has 2 amide bonds. The van der Waals surface area contributed by atoms with Gasteiger partial charge < -0.3 is 19.3 Å². The summed E-state index contributed by atoms with van der Waals surface area (Å²) in [4.78, 5) is 25.2. The Kier molecular flexibility index (Phi) is 5.23. The molecular formula is C20H18BrNO6. The Morgan fingerprint density at radius 3 is 2.68 bits per heavy atom. The molecule has 3 atom stereocenters. The number of aliphatic hydroxyl groups excluding tert-OH is 1. The standard InChI is InChI=1S/C20H18BrNO6/c21-17(18(23)13-6-7-15-16(9-13)28-11-27-15)19(24)22-14(10-26-20(22)25)8-12-4-2-1-3-5-12/h1-7,9,14,17-18,23H,8,10-11H2/t14-,17-,18-/m0/s1. The largest absolute Gasteiger partial charge is 0.454 e. The van der Waals surface area contributed by atoms with Gasteiger partial charge in [-0.05, 0) is 29.7 Å². The maximum Gasteiger partial charge on any atom is 0.417 e. The molecule has 0 spiro atoms. The van der Waals surface area contributed by atoms with Crippen molar-refractivity contribution < 1.29 is 28.9 Å². The van der Waals surface area contributed by atoms with Crippen molar-refractivity contribution >= 4 is 27.9 Å². The summed E-state index contributed by atoms with van der Waals surface area (Å²) in [6, 6.07) is 14.1. The summed E-state index contributed by atoms with van der Waals surface area (Å²) in [6.45, 7) is 0.242. The fraction of sp³-hybridized carbons (Fsp3) is 0.300. The minimum absolute atomic E-state index is 0.117. The smallest absolute Gasteiger partial charge is 0.417 e. The SMILES string of the molecule is O=C1OC[C@H](Cc2ccccc2)N1C(=O)[C@@H](Br)[C@@H](O)c1ccc2c(c1)OCO2. The Morgan fingerprint density at radius 1 is 1.14 bits per heavy atom. The predicted molar refractivity (Wildman–Crippen MR) is 102 cm³/mol. The molecule has 2 aromatic rings. The molecule has 0 aromatic heterocycles. The van der Waals surface area contributed by atoms with Crippen LogP contribution in [0.15, 0.2) is 48.5 Å². The number of carbonyl (C=O) groups excluding carboxylic acids is 2. The Labute approximate surface area is 169 Å². The van der Waals surface area contributed by atoms with Crippen LogP contribution in [0.1, 0.15) is 17.2 Å². The van der Waals surface area contributed by atoms with E-state index in [1.807, 2.05) is 30.3 Å². The number of carbonyl (C=O) groups is 2. The molecule has 2 aliphatic heterocycles. The van der Waals surface area contributed by atoms with Crippen LogP contribution in [0.3, 0.4) is 0 Å². The molecule has 2 aliphatic rings. The number of halogens is 1. The summed E-state index contributed by atoms with van der Waals surface area (Å²) in [7, 11) is 0. The summed E-state index contributed by atoms with van der Waals surface area (Å²) in [5.41, 5.74) is 1.47. The van der Waals surface area contributed by atoms with Crippen molar-refractivity contribution in [1.29, 1.82) is 0 Å². The van der Waals surface area contributed by atoms with Gasteiger partial charge in [0.2, 0.25) is 12.7 Å². The zero-order valence-electron chi connectivity index (χ0n) is 14.8. The molecule has 2 aromatic carbocycles. The van der Waals surface area contributed by atoms with Gasteiger partial charge in [-0.25, -0.2) is 9.69 Å². The van der Waals surface area contributed by atoms with Crippen LogP contribution in [-0.4, -0.2) is 46.3 Å². The van der Waals surface area contributed by atoms with Crippen LogP contribution in [0, 0.1) is 0 Å². The second-order valence-electron chi connectivity index (χ2n) is 6.59. The van der Waals surface area contributed by atoms with Crippen molar-refractivity contribution in [1.82, 2.24) is 4.90 Å². The molecule has 1 saturated heterocycles. The average Bonchev–Trinajstić information content (AvgIpc) is 3.33. The number of hydrogen-bond donors (Lipinski definition) is 1. The number of rotatable bonds is 5. The van der Waals surface area contributed by atoms with E-state index < -0.39 is 29.0 Å². The van der Waals surface area contributed by atoms with Crippen LogP contribution >= 0.6 is 15.9 Å². The second-order valence-corrected chi connectivity index (χ2v) is 7.57. The number of cyclic esters (lactones) is 1. The lowest BCUT2D eigenvalue weighted by Crippen LogP contribution is -2.45. The number of benzene rings is 2. The Morgan fingerprint density at radius 2 is 1.89 bits per heavy atom. The molecule has 2 heterocycles. The number of alkyl halides is 1. The summed E-state index contributed by atoms with van der Waals surface area (Å²) in [5, 5.41) is 10.7. The topological polar surface area (TPSA) is 85.3 Å². The first-order valence-electron chi connectivity index (χ1n) is 8.80. The third kappa shape index (κ3) is 3.57. The van der Waals surface area contributed by atoms with Gasteiger partial charge in [-0.1, -0.05) is 52.3 Å². The maximum absolute atomic E-state index is 13.0. The van der Waals surface area contributed by atoms with E-state index in [0.717, 1.165) is 10.5 Å². The van der Waals surface area contributed by atoms with E-state index in [9.17, 15) is 14.7 Å². The van der Waals surface area contributed by atoms with Gasteiger partial charge in [-0.2, -0.15) is 0 Å². The highest BCUT2D eigenvalue weighted by molar-refractivity contribution is 9.10. The summed E-state index contributed by atoms with van der Waals surface area (Å²) >= 11 is 3.26. The summed E-state index contributed by atoms with van der Waals surface area (Å²) in [5.74, 6) is 0.541. The minimum atomic E-state index is -1.17. The first kappa shape index (κ1) is 18.8. The Bertz CT molecular complexity index is 890. The first-order valence-corrected chi connectivity index (χ1v) is 9.71. The van der Waals surface area contributed by atoms with Gasteiger partial charge in [0, 0.05) is 0 Å². The molecule has 0 radical (unpaired) electrons. The lowest BCUT2D eigenvalue weighted by molar-refractivity contribution is -0.130. The van der Waals surface area contributed by atoms with Crippen LogP contribution in [0.5, 0.6) is 11.5 Å². The molecular weight excluding hydrogens is 430 g/mol. The van der Waals surface area contributed by atoms with Crippen LogP contribution in [-0.2, 0) is 16.0 Å². The quantitative estimate of drug-likeness (QED) is 0.709. The molecule has 0 bridgehead atoms. The number of amides is 2. The zero-order chi connectivity index (χ0) is 19.7. The first-order chi connectivity index (χ1) is 13.5. The van der Waals surface area contributed by atoms with Gasteiger partial charge in [0.15, 0.2) is 11.5 Å². The second kappa shape index (κ2) is 7.81. The van der Waals surface area contributed by atoms with Crippen molar-refractivity contribution in [3.63, 3.8) is 0 Å². The van der Waals surface area contributed by atoms with Crippen molar-refractivity contribution in [3.8, 4) is 11.5 Å². The van der Waals surface area contributed by atoms with Crippen LogP contribution in [0.25, 0.3) is 0 Å². The zero-order valence-corrected chi connectivity index (χ0v) is 16.4.